The molecule has 0 N–H and O–H groups in total. The summed E-state index contributed by atoms with van der Waals surface area (Å²) >= 11 is 7.32. The lowest BCUT2D eigenvalue weighted by Gasteiger charge is -2.13. The Morgan fingerprint density at radius 3 is 3.31 bits per heavy atom. The maximum absolute atomic E-state index is 5.71. The zero-order valence-corrected chi connectivity index (χ0v) is 8.89. The van der Waals surface area contributed by atoms with Crippen molar-refractivity contribution in [3.8, 4) is 0 Å². The maximum Gasteiger partial charge on any atom is 0.208 e. The van der Waals surface area contributed by atoms with Gasteiger partial charge in [-0.25, -0.2) is 0 Å². The van der Waals surface area contributed by atoms with Crippen molar-refractivity contribution in [1.82, 2.24) is 10.2 Å². The fourth-order valence-corrected chi connectivity index (χ4v) is 2.61. The van der Waals surface area contributed by atoms with Crippen molar-refractivity contribution in [1.29, 1.82) is 0 Å². The molecule has 0 aliphatic carbocycles. The van der Waals surface area contributed by atoms with E-state index in [2.05, 4.69) is 15.1 Å². The first kappa shape index (κ1) is 9.21. The van der Waals surface area contributed by atoms with Crippen LogP contribution >= 0.6 is 22.9 Å². The smallest absolute Gasteiger partial charge is 0.208 e. The highest BCUT2D eigenvalue weighted by Crippen LogP contribution is 2.26. The minimum atomic E-state index is 0.751. The Bertz CT molecular complexity index is 252. The molecule has 0 spiro atoms. The highest BCUT2D eigenvalue weighted by molar-refractivity contribution is 7.13. The lowest BCUT2D eigenvalue weighted by Crippen LogP contribution is -2.19. The van der Waals surface area contributed by atoms with E-state index in [0.29, 0.717) is 0 Å². The van der Waals surface area contributed by atoms with Gasteiger partial charge in [0.25, 0.3) is 0 Å². The molecule has 13 heavy (non-hydrogen) atoms. The van der Waals surface area contributed by atoms with Crippen LogP contribution < -0.4 is 4.90 Å². The molecule has 1 aromatic rings. The summed E-state index contributed by atoms with van der Waals surface area (Å²) in [5.74, 6) is 1.52. The van der Waals surface area contributed by atoms with Crippen molar-refractivity contribution in [3.05, 3.63) is 5.51 Å². The Labute approximate surface area is 86.7 Å². The van der Waals surface area contributed by atoms with Gasteiger partial charge in [-0.15, -0.1) is 21.8 Å². The third-order valence-corrected chi connectivity index (χ3v) is 3.39. The van der Waals surface area contributed by atoms with Crippen LogP contribution in [-0.4, -0.2) is 29.2 Å². The molecule has 2 heterocycles. The third kappa shape index (κ3) is 2.11. The maximum atomic E-state index is 5.71. The average Bonchev–Trinajstić information content (AvgIpc) is 2.70. The van der Waals surface area contributed by atoms with Gasteiger partial charge in [0.2, 0.25) is 5.13 Å². The number of rotatable bonds is 3. The molecule has 1 unspecified atom stereocenters. The molecule has 5 heteroatoms. The van der Waals surface area contributed by atoms with Crippen LogP contribution in [0, 0.1) is 5.92 Å². The number of hydrogen-bond acceptors (Lipinski definition) is 4. The van der Waals surface area contributed by atoms with E-state index in [4.69, 9.17) is 11.6 Å². The van der Waals surface area contributed by atoms with Crippen LogP contribution in [0.1, 0.15) is 12.8 Å². The third-order valence-electron chi connectivity index (χ3n) is 2.42. The monoisotopic (exact) mass is 217 g/mol. The van der Waals surface area contributed by atoms with Crippen molar-refractivity contribution in [2.75, 3.05) is 23.9 Å². The molecular weight excluding hydrogens is 206 g/mol. The van der Waals surface area contributed by atoms with Crippen molar-refractivity contribution >= 4 is 28.1 Å². The summed E-state index contributed by atoms with van der Waals surface area (Å²) in [7, 11) is 0. The van der Waals surface area contributed by atoms with Crippen LogP contribution in [0.5, 0.6) is 0 Å². The average molecular weight is 218 g/mol. The number of anilines is 1. The summed E-state index contributed by atoms with van der Waals surface area (Å²) in [5, 5.41) is 8.95. The minimum Gasteiger partial charge on any atom is -0.346 e. The molecule has 0 amide bonds. The summed E-state index contributed by atoms with van der Waals surface area (Å²) in [6.45, 7) is 2.21. The first-order chi connectivity index (χ1) is 6.40. The summed E-state index contributed by atoms with van der Waals surface area (Å²) in [6, 6.07) is 0. The Morgan fingerprint density at radius 2 is 2.62 bits per heavy atom. The quantitative estimate of drug-likeness (QED) is 0.726. The summed E-state index contributed by atoms with van der Waals surface area (Å²) < 4.78 is 0. The fraction of sp³-hybridized carbons (Fsp3) is 0.750. The highest BCUT2D eigenvalue weighted by Gasteiger charge is 2.23. The lowest BCUT2D eigenvalue weighted by atomic mass is 10.1. The van der Waals surface area contributed by atoms with Gasteiger partial charge in [-0.3, -0.25) is 0 Å². The van der Waals surface area contributed by atoms with Gasteiger partial charge >= 0.3 is 0 Å². The molecule has 1 atom stereocenters. The van der Waals surface area contributed by atoms with E-state index in [1.807, 2.05) is 0 Å². The molecule has 72 valence electrons. The standard InChI is InChI=1S/C8H12ClN3S/c9-3-1-7-2-4-12(5-7)8-11-10-6-13-8/h6-7H,1-5H2. The van der Waals surface area contributed by atoms with E-state index in [0.717, 1.165) is 36.4 Å². The van der Waals surface area contributed by atoms with Gasteiger partial charge in [0, 0.05) is 19.0 Å². The largest absolute Gasteiger partial charge is 0.346 e. The normalized spacial score (nSPS) is 22.5. The van der Waals surface area contributed by atoms with Gasteiger partial charge in [0.1, 0.15) is 5.51 Å². The fourth-order valence-electron chi connectivity index (χ4n) is 1.70. The summed E-state index contributed by atoms with van der Waals surface area (Å²) in [5.41, 5.74) is 1.78. The molecule has 0 bridgehead atoms. The molecule has 1 aromatic heterocycles. The van der Waals surface area contributed by atoms with Crippen molar-refractivity contribution < 1.29 is 0 Å². The molecule has 2 rings (SSSR count). The van der Waals surface area contributed by atoms with Gasteiger partial charge < -0.3 is 4.90 Å². The van der Waals surface area contributed by atoms with Gasteiger partial charge in [-0.2, -0.15) is 0 Å². The van der Waals surface area contributed by atoms with Crippen LogP contribution in [0.15, 0.2) is 5.51 Å². The topological polar surface area (TPSA) is 29.0 Å². The predicted octanol–water partition coefficient (Wildman–Crippen LogP) is 1.99. The minimum absolute atomic E-state index is 0.751. The molecule has 0 aromatic carbocycles. The summed E-state index contributed by atoms with van der Waals surface area (Å²) in [4.78, 5) is 2.30. The van der Waals surface area contributed by atoms with E-state index in [1.54, 1.807) is 16.8 Å². The van der Waals surface area contributed by atoms with Crippen LogP contribution in [0.3, 0.4) is 0 Å². The van der Waals surface area contributed by atoms with E-state index < -0.39 is 0 Å². The Balaban J connectivity index is 1.91. The lowest BCUT2D eigenvalue weighted by molar-refractivity contribution is 0.572. The molecular formula is C8H12ClN3S. The van der Waals surface area contributed by atoms with Crippen molar-refractivity contribution in [2.45, 2.75) is 12.8 Å². The van der Waals surface area contributed by atoms with E-state index in [1.165, 1.54) is 6.42 Å². The van der Waals surface area contributed by atoms with Crippen molar-refractivity contribution in [2.24, 2.45) is 5.92 Å². The van der Waals surface area contributed by atoms with Gasteiger partial charge in [-0.1, -0.05) is 11.3 Å². The second kappa shape index (κ2) is 4.24. The number of nitrogens with zero attached hydrogens (tertiary/aromatic N) is 3. The first-order valence-electron chi connectivity index (χ1n) is 4.47. The Hall–Kier alpha value is -0.350. The van der Waals surface area contributed by atoms with Crippen LogP contribution in [-0.2, 0) is 0 Å². The summed E-state index contributed by atoms with van der Waals surface area (Å²) in [6.07, 6.45) is 2.36. The van der Waals surface area contributed by atoms with Gasteiger partial charge in [0.15, 0.2) is 0 Å². The molecule has 3 nitrogen and oxygen atoms in total. The van der Waals surface area contributed by atoms with E-state index in [9.17, 15) is 0 Å². The molecule has 1 aliphatic heterocycles. The Kier molecular flexibility index (Phi) is 3.01. The van der Waals surface area contributed by atoms with Crippen LogP contribution in [0.25, 0.3) is 0 Å². The second-order valence-corrected chi connectivity index (χ2v) is 4.49. The second-order valence-electron chi connectivity index (χ2n) is 3.30. The molecule has 1 fully saturated rings. The van der Waals surface area contributed by atoms with Crippen molar-refractivity contribution in [3.63, 3.8) is 0 Å². The van der Waals surface area contributed by atoms with Gasteiger partial charge in [0.05, 0.1) is 0 Å². The molecule has 0 saturated carbocycles. The molecule has 0 radical (unpaired) electrons. The Morgan fingerprint density at radius 1 is 1.69 bits per heavy atom. The number of aromatic nitrogens is 2. The van der Waals surface area contributed by atoms with Crippen LogP contribution in [0.2, 0.25) is 0 Å². The molecule has 1 saturated heterocycles. The number of alkyl halides is 1. The van der Waals surface area contributed by atoms with E-state index >= 15 is 0 Å². The highest BCUT2D eigenvalue weighted by atomic mass is 35.5. The van der Waals surface area contributed by atoms with Crippen LogP contribution in [0.4, 0.5) is 5.13 Å². The van der Waals surface area contributed by atoms with Gasteiger partial charge in [-0.05, 0) is 18.8 Å². The van der Waals surface area contributed by atoms with E-state index in [-0.39, 0.29) is 0 Å². The molecule has 1 aliphatic rings. The number of hydrogen-bond donors (Lipinski definition) is 0. The SMILES string of the molecule is ClCCC1CCN(c2nncs2)C1. The zero-order chi connectivity index (χ0) is 9.10. The predicted molar refractivity (Wildman–Crippen MR) is 55.6 cm³/mol. The zero-order valence-electron chi connectivity index (χ0n) is 7.32. The first-order valence-corrected chi connectivity index (χ1v) is 5.88. The number of halogens is 1.